The quantitative estimate of drug-likeness (QED) is 0.812. The topological polar surface area (TPSA) is 38.3 Å². The van der Waals surface area contributed by atoms with E-state index in [1.165, 1.54) is 5.56 Å². The lowest BCUT2D eigenvalue weighted by Crippen LogP contribution is -2.46. The Kier molecular flexibility index (Phi) is 4.15. The van der Waals surface area contributed by atoms with Crippen LogP contribution >= 0.6 is 0 Å². The van der Waals surface area contributed by atoms with E-state index in [1.54, 1.807) is 0 Å². The second-order valence-electron chi connectivity index (χ2n) is 4.34. The molecule has 17 heavy (non-hydrogen) atoms. The minimum atomic E-state index is -0.189. The maximum atomic E-state index is 11.9. The molecule has 3 nitrogen and oxygen atoms in total. The molecule has 92 valence electrons. The van der Waals surface area contributed by atoms with Crippen molar-refractivity contribution in [3.63, 3.8) is 0 Å². The van der Waals surface area contributed by atoms with Crippen LogP contribution in [0.1, 0.15) is 31.2 Å². The molecule has 1 aliphatic heterocycles. The van der Waals surface area contributed by atoms with Crippen molar-refractivity contribution in [1.29, 1.82) is 0 Å². The van der Waals surface area contributed by atoms with Crippen molar-refractivity contribution >= 4 is 5.97 Å². The van der Waals surface area contributed by atoms with Gasteiger partial charge in [0.25, 0.3) is 0 Å². The molecule has 0 radical (unpaired) electrons. The summed E-state index contributed by atoms with van der Waals surface area (Å²) in [7, 11) is 0. The van der Waals surface area contributed by atoms with Crippen molar-refractivity contribution in [2.45, 2.75) is 31.7 Å². The molecular formula is C14H19NO2. The molecule has 1 saturated heterocycles. The number of carbonyl (C=O) groups excluding carboxylic acids is 1. The summed E-state index contributed by atoms with van der Waals surface area (Å²) < 4.78 is 5.13. The minimum absolute atomic E-state index is 0.124. The molecule has 2 rings (SSSR count). The molecule has 0 saturated carbocycles. The van der Waals surface area contributed by atoms with E-state index in [9.17, 15) is 4.79 Å². The molecule has 3 heteroatoms. The number of rotatable bonds is 3. The highest BCUT2D eigenvalue weighted by Gasteiger charge is 2.32. The van der Waals surface area contributed by atoms with E-state index in [0.29, 0.717) is 6.61 Å². The summed E-state index contributed by atoms with van der Waals surface area (Å²) in [6.07, 6.45) is 2.15. The summed E-state index contributed by atoms with van der Waals surface area (Å²) >= 11 is 0. The van der Waals surface area contributed by atoms with Crippen LogP contribution in [-0.2, 0) is 9.53 Å². The summed E-state index contributed by atoms with van der Waals surface area (Å²) in [6, 6.07) is 10.0. The number of esters is 1. The van der Waals surface area contributed by atoms with Gasteiger partial charge in [-0.05, 0) is 31.9 Å². The highest BCUT2D eigenvalue weighted by Crippen LogP contribution is 2.28. The van der Waals surface area contributed by atoms with Crippen LogP contribution in [0.4, 0.5) is 0 Å². The van der Waals surface area contributed by atoms with Gasteiger partial charge in [0.15, 0.2) is 0 Å². The van der Waals surface area contributed by atoms with E-state index in [1.807, 2.05) is 25.1 Å². The van der Waals surface area contributed by atoms with Gasteiger partial charge >= 0.3 is 5.97 Å². The van der Waals surface area contributed by atoms with Crippen LogP contribution in [0.25, 0.3) is 0 Å². The van der Waals surface area contributed by atoms with Crippen LogP contribution in [-0.4, -0.2) is 25.2 Å². The summed E-state index contributed by atoms with van der Waals surface area (Å²) in [5.41, 5.74) is 1.22. The lowest BCUT2D eigenvalue weighted by Gasteiger charge is -2.31. The van der Waals surface area contributed by atoms with E-state index in [-0.39, 0.29) is 17.9 Å². The number of benzene rings is 1. The first-order chi connectivity index (χ1) is 8.33. The van der Waals surface area contributed by atoms with E-state index in [4.69, 9.17) is 4.74 Å². The Morgan fingerprint density at radius 1 is 1.41 bits per heavy atom. The second kappa shape index (κ2) is 5.82. The predicted octanol–water partition coefficient (Wildman–Crippen LogP) is 2.09. The van der Waals surface area contributed by atoms with Gasteiger partial charge in [-0.25, -0.2) is 0 Å². The number of ether oxygens (including phenoxy) is 1. The number of carbonyl (C=O) groups is 1. The molecule has 1 aromatic carbocycles. The minimum Gasteiger partial charge on any atom is -0.465 e. The molecule has 1 heterocycles. The average Bonchev–Trinajstić information content (AvgIpc) is 2.40. The van der Waals surface area contributed by atoms with Gasteiger partial charge in [-0.2, -0.15) is 0 Å². The van der Waals surface area contributed by atoms with Crippen LogP contribution in [0, 0.1) is 0 Å². The third-order valence-corrected chi connectivity index (χ3v) is 3.23. The van der Waals surface area contributed by atoms with Gasteiger partial charge in [0.1, 0.15) is 6.04 Å². The van der Waals surface area contributed by atoms with Crippen molar-refractivity contribution in [3.8, 4) is 0 Å². The van der Waals surface area contributed by atoms with Crippen molar-refractivity contribution < 1.29 is 9.53 Å². The Hall–Kier alpha value is -1.35. The molecule has 1 aliphatic rings. The number of nitrogens with one attached hydrogen (secondary N) is 1. The van der Waals surface area contributed by atoms with Gasteiger partial charge in [0.05, 0.1) is 6.61 Å². The summed E-state index contributed by atoms with van der Waals surface area (Å²) in [5.74, 6) is 0.116. The van der Waals surface area contributed by atoms with Gasteiger partial charge in [0, 0.05) is 5.92 Å². The highest BCUT2D eigenvalue weighted by molar-refractivity contribution is 5.77. The number of hydrogen-bond acceptors (Lipinski definition) is 3. The van der Waals surface area contributed by atoms with Crippen LogP contribution in [0.15, 0.2) is 30.3 Å². The molecule has 0 unspecified atom stereocenters. The Bertz CT molecular complexity index is 364. The van der Waals surface area contributed by atoms with Gasteiger partial charge in [-0.1, -0.05) is 30.3 Å². The van der Waals surface area contributed by atoms with Crippen LogP contribution in [0.3, 0.4) is 0 Å². The van der Waals surface area contributed by atoms with Crippen LogP contribution < -0.4 is 5.32 Å². The van der Waals surface area contributed by atoms with Gasteiger partial charge in [-0.15, -0.1) is 0 Å². The standard InChI is InChI=1S/C14H19NO2/c1-2-17-14(16)13-12(9-6-10-15-13)11-7-4-3-5-8-11/h3-5,7-8,12-13,15H,2,6,9-10H2,1H3/t12-,13-/m0/s1. The molecule has 2 atom stereocenters. The third kappa shape index (κ3) is 2.86. The lowest BCUT2D eigenvalue weighted by atomic mass is 9.85. The molecule has 0 spiro atoms. The van der Waals surface area contributed by atoms with Crippen LogP contribution in [0.5, 0.6) is 0 Å². The lowest BCUT2D eigenvalue weighted by molar-refractivity contribution is -0.146. The van der Waals surface area contributed by atoms with E-state index in [0.717, 1.165) is 19.4 Å². The molecule has 0 amide bonds. The Labute approximate surface area is 102 Å². The molecule has 0 bridgehead atoms. The first-order valence-corrected chi connectivity index (χ1v) is 6.28. The molecular weight excluding hydrogens is 214 g/mol. The van der Waals surface area contributed by atoms with E-state index >= 15 is 0 Å². The maximum absolute atomic E-state index is 11.9. The molecule has 1 N–H and O–H groups in total. The fourth-order valence-electron chi connectivity index (χ4n) is 2.43. The van der Waals surface area contributed by atoms with Crippen molar-refractivity contribution in [3.05, 3.63) is 35.9 Å². The van der Waals surface area contributed by atoms with E-state index < -0.39 is 0 Å². The second-order valence-corrected chi connectivity index (χ2v) is 4.34. The molecule has 0 aliphatic carbocycles. The number of hydrogen-bond donors (Lipinski definition) is 1. The molecule has 1 aromatic rings. The van der Waals surface area contributed by atoms with Gasteiger partial charge in [0.2, 0.25) is 0 Å². The summed E-state index contributed by atoms with van der Waals surface area (Å²) in [5, 5.41) is 3.28. The van der Waals surface area contributed by atoms with Crippen LogP contribution in [0.2, 0.25) is 0 Å². The maximum Gasteiger partial charge on any atom is 0.323 e. The van der Waals surface area contributed by atoms with Crippen molar-refractivity contribution in [1.82, 2.24) is 5.32 Å². The number of piperidine rings is 1. The average molecular weight is 233 g/mol. The van der Waals surface area contributed by atoms with Crippen molar-refractivity contribution in [2.75, 3.05) is 13.2 Å². The van der Waals surface area contributed by atoms with Gasteiger partial charge < -0.3 is 10.1 Å². The zero-order chi connectivity index (χ0) is 12.1. The normalized spacial score (nSPS) is 24.3. The summed E-state index contributed by atoms with van der Waals surface area (Å²) in [6.45, 7) is 3.18. The van der Waals surface area contributed by atoms with Gasteiger partial charge in [-0.3, -0.25) is 4.79 Å². The smallest absolute Gasteiger partial charge is 0.323 e. The Morgan fingerprint density at radius 3 is 2.88 bits per heavy atom. The zero-order valence-corrected chi connectivity index (χ0v) is 10.2. The first kappa shape index (κ1) is 12.1. The highest BCUT2D eigenvalue weighted by atomic mass is 16.5. The largest absolute Gasteiger partial charge is 0.465 e. The fraction of sp³-hybridized carbons (Fsp3) is 0.500. The molecule has 0 aromatic heterocycles. The van der Waals surface area contributed by atoms with Crippen molar-refractivity contribution in [2.24, 2.45) is 0 Å². The molecule has 1 fully saturated rings. The monoisotopic (exact) mass is 233 g/mol. The fourth-order valence-corrected chi connectivity index (χ4v) is 2.43. The summed E-state index contributed by atoms with van der Waals surface area (Å²) in [4.78, 5) is 11.9. The Morgan fingerprint density at radius 2 is 2.18 bits per heavy atom. The SMILES string of the molecule is CCOC(=O)[C@H]1NCCC[C@H]1c1ccccc1. The third-order valence-electron chi connectivity index (χ3n) is 3.23. The zero-order valence-electron chi connectivity index (χ0n) is 10.2. The predicted molar refractivity (Wildman–Crippen MR) is 66.8 cm³/mol. The Balaban J connectivity index is 2.15. The first-order valence-electron chi connectivity index (χ1n) is 6.28. The van der Waals surface area contributed by atoms with E-state index in [2.05, 4.69) is 17.4 Å².